The van der Waals surface area contributed by atoms with E-state index in [2.05, 4.69) is 78.7 Å². The van der Waals surface area contributed by atoms with Crippen molar-refractivity contribution < 1.29 is 0 Å². The molecule has 6 rings (SSSR count). The average Bonchev–Trinajstić information content (AvgIpc) is 3.21. The lowest BCUT2D eigenvalue weighted by Crippen LogP contribution is -2.25. The molecule has 0 spiro atoms. The molecule has 0 radical (unpaired) electrons. The minimum atomic E-state index is -0.170. The number of rotatable bonds is 0. The van der Waals surface area contributed by atoms with Gasteiger partial charge in [0.15, 0.2) is 0 Å². The summed E-state index contributed by atoms with van der Waals surface area (Å²) in [4.78, 5) is 0. The normalized spacial score (nSPS) is 30.2. The van der Waals surface area contributed by atoms with Gasteiger partial charge in [0.25, 0.3) is 0 Å². The van der Waals surface area contributed by atoms with Gasteiger partial charge in [-0.05, 0) is 33.4 Å². The molecular weight excluding hydrogens is 288 g/mol. The van der Waals surface area contributed by atoms with E-state index in [1.54, 1.807) is 0 Å². The van der Waals surface area contributed by atoms with Crippen LogP contribution >= 0.6 is 0 Å². The fourth-order valence-corrected chi connectivity index (χ4v) is 5.91. The highest BCUT2D eigenvalue weighted by molar-refractivity contribution is 5.71. The van der Waals surface area contributed by atoms with Crippen molar-refractivity contribution in [3.8, 4) is 12.3 Å². The van der Waals surface area contributed by atoms with Crippen molar-refractivity contribution in [2.45, 2.75) is 17.8 Å². The Kier molecular flexibility index (Phi) is 2.10. The van der Waals surface area contributed by atoms with E-state index in [-0.39, 0.29) is 5.41 Å². The van der Waals surface area contributed by atoms with Crippen LogP contribution in [-0.4, -0.2) is 0 Å². The summed E-state index contributed by atoms with van der Waals surface area (Å²) in [5.74, 6) is 4.29. The van der Waals surface area contributed by atoms with Gasteiger partial charge in [0, 0.05) is 17.8 Å². The third-order valence-electron chi connectivity index (χ3n) is 6.54. The van der Waals surface area contributed by atoms with Crippen LogP contribution in [0.15, 0.2) is 72.8 Å². The third-order valence-corrected chi connectivity index (χ3v) is 6.54. The zero-order valence-corrected chi connectivity index (χ0v) is 13.2. The maximum atomic E-state index is 6.32. The molecule has 3 aliphatic rings. The maximum Gasteiger partial charge on any atom is 0.0638 e. The van der Waals surface area contributed by atoms with Gasteiger partial charge in [0.2, 0.25) is 0 Å². The summed E-state index contributed by atoms with van der Waals surface area (Å²) < 4.78 is 0. The monoisotopic (exact) mass is 304 g/mol. The molecule has 0 aromatic heterocycles. The predicted octanol–water partition coefficient (Wildman–Crippen LogP) is 5.04. The van der Waals surface area contributed by atoms with E-state index in [0.29, 0.717) is 17.8 Å². The molecule has 112 valence electrons. The highest BCUT2D eigenvalue weighted by Crippen LogP contribution is 2.75. The van der Waals surface area contributed by atoms with Crippen molar-refractivity contribution in [1.82, 2.24) is 0 Å². The van der Waals surface area contributed by atoms with Gasteiger partial charge < -0.3 is 0 Å². The van der Waals surface area contributed by atoms with Crippen molar-refractivity contribution >= 4 is 0 Å². The first-order valence-corrected chi connectivity index (χ1v) is 8.62. The highest BCUT2D eigenvalue weighted by Gasteiger charge is 2.66. The second-order valence-corrected chi connectivity index (χ2v) is 7.26. The van der Waals surface area contributed by atoms with E-state index in [9.17, 15) is 0 Å². The smallest absolute Gasteiger partial charge is 0.0638 e. The molecule has 0 amide bonds. The highest BCUT2D eigenvalue weighted by atomic mass is 14.7. The molecule has 3 aromatic rings. The topological polar surface area (TPSA) is 0 Å². The zero-order chi connectivity index (χ0) is 15.9. The van der Waals surface area contributed by atoms with Gasteiger partial charge in [-0.15, -0.1) is 6.42 Å². The van der Waals surface area contributed by atoms with Gasteiger partial charge in [-0.3, -0.25) is 0 Å². The van der Waals surface area contributed by atoms with E-state index in [0.717, 1.165) is 0 Å². The van der Waals surface area contributed by atoms with Gasteiger partial charge in [0.05, 0.1) is 5.41 Å². The first kappa shape index (κ1) is 12.6. The Morgan fingerprint density at radius 2 is 0.792 bits per heavy atom. The van der Waals surface area contributed by atoms with Crippen molar-refractivity contribution in [1.29, 1.82) is 0 Å². The van der Waals surface area contributed by atoms with E-state index in [1.807, 2.05) is 0 Å². The van der Waals surface area contributed by atoms with E-state index >= 15 is 0 Å². The molecule has 3 aliphatic carbocycles. The molecule has 0 heterocycles. The number of terminal acetylenes is 1. The molecule has 0 heteroatoms. The van der Waals surface area contributed by atoms with Gasteiger partial charge in [-0.2, -0.15) is 0 Å². The molecule has 0 bridgehead atoms. The van der Waals surface area contributed by atoms with Crippen molar-refractivity contribution in [2.75, 3.05) is 0 Å². The predicted molar refractivity (Wildman–Crippen MR) is 96.1 cm³/mol. The largest absolute Gasteiger partial charge is 0.119 e. The molecule has 0 fully saturated rings. The van der Waals surface area contributed by atoms with Crippen LogP contribution in [0.5, 0.6) is 0 Å². The molecule has 0 N–H and O–H groups in total. The molecule has 0 saturated heterocycles. The number of hydrogen-bond acceptors (Lipinski definition) is 0. The Morgan fingerprint density at radius 3 is 1.00 bits per heavy atom. The summed E-state index contributed by atoms with van der Waals surface area (Å²) in [7, 11) is 0. The number of fused-ring (bicyclic) bond motifs is 9. The Bertz CT molecular complexity index is 855. The van der Waals surface area contributed by atoms with Crippen molar-refractivity contribution in [3.63, 3.8) is 0 Å². The van der Waals surface area contributed by atoms with Crippen LogP contribution in [0.4, 0.5) is 0 Å². The standard InChI is InChI=1S/C24H16/c1-2-24-21-15-9-3-4-10-16(15)22(24)19-13-7-8-14-20(19)23(24)18-12-6-5-11-17(18)21/h1,3-14,21-23H. The first-order valence-electron chi connectivity index (χ1n) is 8.62. The summed E-state index contributed by atoms with van der Waals surface area (Å²) in [6, 6.07) is 26.7. The Labute approximate surface area is 142 Å². The first-order chi connectivity index (χ1) is 11.9. The van der Waals surface area contributed by atoms with Crippen LogP contribution in [0, 0.1) is 17.8 Å². The second-order valence-electron chi connectivity index (χ2n) is 7.26. The lowest BCUT2D eigenvalue weighted by molar-refractivity contribution is 0.362. The lowest BCUT2D eigenvalue weighted by Gasteiger charge is -2.30. The maximum absolute atomic E-state index is 6.32. The Hall–Kier alpha value is -2.78. The molecule has 0 aliphatic heterocycles. The number of benzene rings is 3. The minimum absolute atomic E-state index is 0.170. The van der Waals surface area contributed by atoms with E-state index < -0.39 is 0 Å². The average molecular weight is 304 g/mol. The molecule has 0 saturated carbocycles. The van der Waals surface area contributed by atoms with Gasteiger partial charge in [-0.25, -0.2) is 0 Å². The van der Waals surface area contributed by atoms with E-state index in [4.69, 9.17) is 6.42 Å². The summed E-state index contributed by atoms with van der Waals surface area (Å²) in [5.41, 5.74) is 8.44. The Morgan fingerprint density at radius 1 is 0.542 bits per heavy atom. The molecule has 0 atom stereocenters. The van der Waals surface area contributed by atoms with Crippen LogP contribution in [0.25, 0.3) is 0 Å². The third kappa shape index (κ3) is 1.13. The number of hydrogen-bond donors (Lipinski definition) is 0. The van der Waals surface area contributed by atoms with Crippen LogP contribution < -0.4 is 0 Å². The molecular formula is C24H16. The van der Waals surface area contributed by atoms with Crippen LogP contribution in [0.1, 0.15) is 51.1 Å². The molecule has 0 nitrogen and oxygen atoms in total. The van der Waals surface area contributed by atoms with E-state index in [1.165, 1.54) is 33.4 Å². The summed E-state index contributed by atoms with van der Waals surface area (Å²) >= 11 is 0. The molecule has 0 unspecified atom stereocenters. The van der Waals surface area contributed by atoms with Gasteiger partial charge in [-0.1, -0.05) is 78.7 Å². The fraction of sp³-hybridized carbons (Fsp3) is 0.167. The van der Waals surface area contributed by atoms with Crippen LogP contribution in [-0.2, 0) is 0 Å². The Balaban J connectivity index is 1.83. The van der Waals surface area contributed by atoms with Crippen molar-refractivity contribution in [3.05, 3.63) is 106 Å². The van der Waals surface area contributed by atoms with Gasteiger partial charge >= 0.3 is 0 Å². The molecule has 24 heavy (non-hydrogen) atoms. The van der Waals surface area contributed by atoms with Crippen LogP contribution in [0.2, 0.25) is 0 Å². The summed E-state index contributed by atoms with van der Waals surface area (Å²) in [6.07, 6.45) is 6.32. The van der Waals surface area contributed by atoms with Crippen molar-refractivity contribution in [2.24, 2.45) is 5.41 Å². The minimum Gasteiger partial charge on any atom is -0.119 e. The zero-order valence-electron chi connectivity index (χ0n) is 13.2. The fourth-order valence-electron chi connectivity index (χ4n) is 5.91. The summed E-state index contributed by atoms with van der Waals surface area (Å²) in [6.45, 7) is 0. The summed E-state index contributed by atoms with van der Waals surface area (Å²) in [5, 5.41) is 0. The quantitative estimate of drug-likeness (QED) is 0.510. The second kappa shape index (κ2) is 4.00. The van der Waals surface area contributed by atoms with Crippen LogP contribution in [0.3, 0.4) is 0 Å². The van der Waals surface area contributed by atoms with Gasteiger partial charge in [0.1, 0.15) is 0 Å². The lowest BCUT2D eigenvalue weighted by atomic mass is 9.69. The molecule has 3 aromatic carbocycles. The SMILES string of the molecule is C#CC12C3c4ccccc4C1c1ccccc1C2c1ccccc13.